The van der Waals surface area contributed by atoms with Crippen molar-refractivity contribution in [2.75, 3.05) is 5.88 Å². The fourth-order valence-electron chi connectivity index (χ4n) is 1.48. The van der Waals surface area contributed by atoms with E-state index in [0.717, 1.165) is 6.42 Å². The van der Waals surface area contributed by atoms with Crippen LogP contribution in [0.2, 0.25) is 0 Å². The number of rotatable bonds is 7. The molecule has 0 spiro atoms. The second kappa shape index (κ2) is 7.99. The van der Waals surface area contributed by atoms with Gasteiger partial charge in [-0.3, -0.25) is 4.79 Å². The molecule has 20 heavy (non-hydrogen) atoms. The molecule has 0 aliphatic heterocycles. The lowest BCUT2D eigenvalue weighted by atomic mass is 10.2. The first kappa shape index (κ1) is 16.6. The molecule has 0 aliphatic rings. The molecular weight excluding hydrogens is 295 g/mol. The summed E-state index contributed by atoms with van der Waals surface area (Å²) in [5.74, 6) is 0.133. The molecule has 1 aromatic rings. The van der Waals surface area contributed by atoms with Crippen LogP contribution < -0.4 is 10.1 Å². The zero-order valence-electron chi connectivity index (χ0n) is 10.7. The van der Waals surface area contributed by atoms with Gasteiger partial charge in [-0.2, -0.15) is 0 Å². The Bertz CT molecular complexity index is 421. The predicted octanol–water partition coefficient (Wildman–Crippen LogP) is 3.61. The SMILES string of the molecule is O=C(CCCCCl)NCc1ccc(OC(F)(F)F)cc1. The van der Waals surface area contributed by atoms with Crippen molar-refractivity contribution in [3.63, 3.8) is 0 Å². The van der Waals surface area contributed by atoms with Gasteiger partial charge in [0.05, 0.1) is 0 Å². The lowest BCUT2D eigenvalue weighted by Crippen LogP contribution is -2.22. The maximum atomic E-state index is 12.0. The highest BCUT2D eigenvalue weighted by Gasteiger charge is 2.30. The van der Waals surface area contributed by atoms with Gasteiger partial charge in [0.2, 0.25) is 5.91 Å². The zero-order valence-corrected chi connectivity index (χ0v) is 11.4. The van der Waals surface area contributed by atoms with Crippen molar-refractivity contribution in [2.45, 2.75) is 32.2 Å². The van der Waals surface area contributed by atoms with Crippen LogP contribution in [0.15, 0.2) is 24.3 Å². The number of benzene rings is 1. The molecule has 7 heteroatoms. The predicted molar refractivity (Wildman–Crippen MR) is 69.5 cm³/mol. The Balaban J connectivity index is 2.36. The van der Waals surface area contributed by atoms with Crippen molar-refractivity contribution in [3.8, 4) is 5.75 Å². The second-order valence-corrected chi connectivity index (χ2v) is 4.49. The summed E-state index contributed by atoms with van der Waals surface area (Å²) in [6.07, 6.45) is -2.81. The molecule has 0 saturated carbocycles. The van der Waals surface area contributed by atoms with E-state index in [1.807, 2.05) is 0 Å². The van der Waals surface area contributed by atoms with Crippen LogP contribution in [0.4, 0.5) is 13.2 Å². The molecule has 0 atom stereocenters. The van der Waals surface area contributed by atoms with Gasteiger partial charge in [0, 0.05) is 18.8 Å². The van der Waals surface area contributed by atoms with Gasteiger partial charge in [0.1, 0.15) is 5.75 Å². The van der Waals surface area contributed by atoms with E-state index < -0.39 is 6.36 Å². The quantitative estimate of drug-likeness (QED) is 0.617. The van der Waals surface area contributed by atoms with Crippen LogP contribution in [-0.4, -0.2) is 18.1 Å². The van der Waals surface area contributed by atoms with E-state index in [4.69, 9.17) is 11.6 Å². The van der Waals surface area contributed by atoms with E-state index in [1.165, 1.54) is 24.3 Å². The fraction of sp³-hybridized carbons (Fsp3) is 0.462. The first-order chi connectivity index (χ1) is 9.40. The fourth-order valence-corrected chi connectivity index (χ4v) is 1.67. The third-order valence-corrected chi connectivity index (χ3v) is 2.70. The summed E-state index contributed by atoms with van der Waals surface area (Å²) in [4.78, 5) is 11.4. The molecule has 1 rings (SSSR count). The maximum Gasteiger partial charge on any atom is 0.573 e. The molecule has 0 aromatic heterocycles. The van der Waals surface area contributed by atoms with Crippen molar-refractivity contribution in [1.82, 2.24) is 5.32 Å². The highest BCUT2D eigenvalue weighted by atomic mass is 35.5. The normalized spacial score (nSPS) is 11.2. The number of carbonyl (C=O) groups is 1. The standard InChI is InChI=1S/C13H15ClF3NO2/c14-8-2-1-3-12(19)18-9-10-4-6-11(7-5-10)20-13(15,16)17/h4-7H,1-3,8-9H2,(H,18,19). The van der Waals surface area contributed by atoms with E-state index in [2.05, 4.69) is 10.1 Å². The van der Waals surface area contributed by atoms with Crippen molar-refractivity contribution in [3.05, 3.63) is 29.8 Å². The number of unbranched alkanes of at least 4 members (excludes halogenated alkanes) is 1. The summed E-state index contributed by atoms with van der Waals surface area (Å²) in [6.45, 7) is 0.270. The molecule has 1 amide bonds. The Morgan fingerprint density at radius 1 is 1.20 bits per heavy atom. The molecule has 1 N–H and O–H groups in total. The molecule has 0 saturated heterocycles. The molecule has 0 radical (unpaired) electrons. The number of amides is 1. The van der Waals surface area contributed by atoms with Gasteiger partial charge in [-0.1, -0.05) is 12.1 Å². The van der Waals surface area contributed by atoms with Gasteiger partial charge in [-0.05, 0) is 30.5 Å². The van der Waals surface area contributed by atoms with E-state index >= 15 is 0 Å². The lowest BCUT2D eigenvalue weighted by molar-refractivity contribution is -0.274. The second-order valence-electron chi connectivity index (χ2n) is 4.11. The number of ether oxygens (including phenoxy) is 1. The number of nitrogens with one attached hydrogen (secondary N) is 1. The van der Waals surface area contributed by atoms with Crippen molar-refractivity contribution < 1.29 is 22.7 Å². The number of alkyl halides is 4. The first-order valence-electron chi connectivity index (χ1n) is 6.08. The number of hydrogen-bond donors (Lipinski definition) is 1. The van der Waals surface area contributed by atoms with Gasteiger partial charge in [-0.25, -0.2) is 0 Å². The van der Waals surface area contributed by atoms with Crippen LogP contribution in [0.3, 0.4) is 0 Å². The first-order valence-corrected chi connectivity index (χ1v) is 6.61. The Labute approximate surface area is 120 Å². The summed E-state index contributed by atoms with van der Waals surface area (Å²) in [5, 5.41) is 2.68. The maximum absolute atomic E-state index is 12.0. The average molecular weight is 310 g/mol. The molecule has 3 nitrogen and oxygen atoms in total. The molecule has 0 heterocycles. The van der Waals surface area contributed by atoms with Gasteiger partial charge in [-0.15, -0.1) is 24.8 Å². The molecular formula is C13H15ClF3NO2. The minimum atomic E-state index is -4.70. The van der Waals surface area contributed by atoms with Crippen LogP contribution >= 0.6 is 11.6 Å². The smallest absolute Gasteiger partial charge is 0.406 e. The number of carbonyl (C=O) groups excluding carboxylic acids is 1. The molecule has 1 aromatic carbocycles. The van der Waals surface area contributed by atoms with Crippen LogP contribution in [0, 0.1) is 0 Å². The summed E-state index contributed by atoms with van der Waals surface area (Å²) >= 11 is 5.49. The third-order valence-electron chi connectivity index (χ3n) is 2.43. The van der Waals surface area contributed by atoms with Gasteiger partial charge in [0.15, 0.2) is 0 Å². The minimum Gasteiger partial charge on any atom is -0.406 e. The summed E-state index contributed by atoms with van der Waals surface area (Å²) < 4.78 is 39.6. The summed E-state index contributed by atoms with van der Waals surface area (Å²) in [6, 6.07) is 5.37. The van der Waals surface area contributed by atoms with Gasteiger partial charge in [0.25, 0.3) is 0 Å². The largest absolute Gasteiger partial charge is 0.573 e. The van der Waals surface area contributed by atoms with E-state index in [-0.39, 0.29) is 18.2 Å². The number of hydrogen-bond acceptors (Lipinski definition) is 2. The van der Waals surface area contributed by atoms with Crippen molar-refractivity contribution in [1.29, 1.82) is 0 Å². The zero-order chi connectivity index (χ0) is 15.0. The molecule has 0 fully saturated rings. The topological polar surface area (TPSA) is 38.3 Å². The highest BCUT2D eigenvalue weighted by molar-refractivity contribution is 6.17. The third kappa shape index (κ3) is 7.23. The van der Waals surface area contributed by atoms with E-state index in [0.29, 0.717) is 24.3 Å². The lowest BCUT2D eigenvalue weighted by Gasteiger charge is -2.09. The van der Waals surface area contributed by atoms with E-state index in [9.17, 15) is 18.0 Å². The van der Waals surface area contributed by atoms with Gasteiger partial charge < -0.3 is 10.1 Å². The van der Waals surface area contributed by atoms with Crippen LogP contribution in [-0.2, 0) is 11.3 Å². The Morgan fingerprint density at radius 2 is 1.85 bits per heavy atom. The van der Waals surface area contributed by atoms with Crippen LogP contribution in [0.25, 0.3) is 0 Å². The van der Waals surface area contributed by atoms with Crippen LogP contribution in [0.5, 0.6) is 5.75 Å². The van der Waals surface area contributed by atoms with Crippen molar-refractivity contribution in [2.24, 2.45) is 0 Å². The van der Waals surface area contributed by atoms with Crippen molar-refractivity contribution >= 4 is 17.5 Å². The van der Waals surface area contributed by atoms with E-state index in [1.54, 1.807) is 0 Å². The Kier molecular flexibility index (Phi) is 6.64. The Morgan fingerprint density at radius 3 is 2.40 bits per heavy atom. The average Bonchev–Trinajstić information content (AvgIpc) is 2.36. The summed E-state index contributed by atoms with van der Waals surface area (Å²) in [5.41, 5.74) is 0.699. The molecule has 0 bridgehead atoms. The summed E-state index contributed by atoms with van der Waals surface area (Å²) in [7, 11) is 0. The number of halogens is 4. The van der Waals surface area contributed by atoms with Gasteiger partial charge >= 0.3 is 6.36 Å². The molecule has 0 aliphatic carbocycles. The highest BCUT2D eigenvalue weighted by Crippen LogP contribution is 2.22. The minimum absolute atomic E-state index is 0.106. The molecule has 0 unspecified atom stereocenters. The Hall–Kier alpha value is -1.43. The monoisotopic (exact) mass is 309 g/mol. The molecule has 112 valence electrons. The van der Waals surface area contributed by atoms with Crippen LogP contribution in [0.1, 0.15) is 24.8 Å².